The minimum atomic E-state index is -3.62. The van der Waals surface area contributed by atoms with Crippen LogP contribution in [0.3, 0.4) is 0 Å². The number of hydrogen-bond acceptors (Lipinski definition) is 7. The van der Waals surface area contributed by atoms with Gasteiger partial charge in [-0.05, 0) is 38.0 Å². The summed E-state index contributed by atoms with van der Waals surface area (Å²) in [7, 11) is -3.62. The molecule has 1 N–H and O–H groups in total. The van der Waals surface area contributed by atoms with E-state index in [1.807, 2.05) is 25.3 Å². The standard InChI is InChI=1S/C21H29N5O4S2/c1-5-26-18-7-6-16(32(28,29)25-8-10-30-11-9-25)12-17(18)23-20(26)31-13-19(27)24-21(4,14-22)15(2)3/h6-7,12,15H,5,8-11,13H2,1-4H3,(H,24,27). The topological polar surface area (TPSA) is 117 Å². The van der Waals surface area contributed by atoms with Gasteiger partial charge in [-0.25, -0.2) is 13.4 Å². The highest BCUT2D eigenvalue weighted by Crippen LogP contribution is 2.28. The van der Waals surface area contributed by atoms with Crippen molar-refractivity contribution in [1.82, 2.24) is 19.2 Å². The average molecular weight is 480 g/mol. The van der Waals surface area contributed by atoms with Crippen molar-refractivity contribution in [3.8, 4) is 6.07 Å². The number of aromatic nitrogens is 2. The molecule has 1 atom stereocenters. The number of nitriles is 1. The summed E-state index contributed by atoms with van der Waals surface area (Å²) in [6, 6.07) is 7.11. The Bertz CT molecular complexity index is 1130. The van der Waals surface area contributed by atoms with E-state index in [0.29, 0.717) is 43.5 Å². The molecule has 3 rings (SSSR count). The molecule has 0 aliphatic carbocycles. The number of sulfonamides is 1. The van der Waals surface area contributed by atoms with Gasteiger partial charge in [-0.3, -0.25) is 4.79 Å². The maximum atomic E-state index is 13.0. The van der Waals surface area contributed by atoms with E-state index in [2.05, 4.69) is 16.4 Å². The summed E-state index contributed by atoms with van der Waals surface area (Å²) in [5, 5.41) is 12.8. The minimum Gasteiger partial charge on any atom is -0.379 e. The zero-order chi connectivity index (χ0) is 23.5. The van der Waals surface area contributed by atoms with Gasteiger partial charge in [-0.2, -0.15) is 9.57 Å². The Hall–Kier alpha value is -2.13. The summed E-state index contributed by atoms with van der Waals surface area (Å²) in [5.74, 6) is -0.182. The van der Waals surface area contributed by atoms with Crippen molar-refractivity contribution in [3.63, 3.8) is 0 Å². The van der Waals surface area contributed by atoms with Crippen LogP contribution in [0.25, 0.3) is 11.0 Å². The summed E-state index contributed by atoms with van der Waals surface area (Å²) >= 11 is 1.26. The lowest BCUT2D eigenvalue weighted by Crippen LogP contribution is -2.49. The first-order valence-corrected chi connectivity index (χ1v) is 13.0. The molecule has 32 heavy (non-hydrogen) atoms. The first-order valence-electron chi connectivity index (χ1n) is 10.6. The fraction of sp³-hybridized carbons (Fsp3) is 0.571. The van der Waals surface area contributed by atoms with Crippen LogP contribution in [0, 0.1) is 17.2 Å². The number of imidazole rings is 1. The summed E-state index contributed by atoms with van der Waals surface area (Å²) in [5.41, 5.74) is 0.430. The third kappa shape index (κ3) is 4.93. The molecule has 1 saturated heterocycles. The highest BCUT2D eigenvalue weighted by molar-refractivity contribution is 7.99. The van der Waals surface area contributed by atoms with E-state index in [1.165, 1.54) is 16.1 Å². The molecule has 0 bridgehead atoms. The lowest BCUT2D eigenvalue weighted by atomic mass is 9.90. The van der Waals surface area contributed by atoms with Crippen molar-refractivity contribution in [2.75, 3.05) is 32.1 Å². The maximum absolute atomic E-state index is 13.0. The molecule has 1 amide bonds. The first-order chi connectivity index (χ1) is 15.1. The zero-order valence-electron chi connectivity index (χ0n) is 18.8. The van der Waals surface area contributed by atoms with Crippen LogP contribution in [0.4, 0.5) is 0 Å². The quantitative estimate of drug-likeness (QED) is 0.577. The minimum absolute atomic E-state index is 0.0338. The second-order valence-corrected chi connectivity index (χ2v) is 11.0. The number of hydrogen-bond donors (Lipinski definition) is 1. The lowest BCUT2D eigenvalue weighted by Gasteiger charge is -2.27. The van der Waals surface area contributed by atoms with Crippen LogP contribution < -0.4 is 5.32 Å². The molecule has 2 heterocycles. The molecule has 9 nitrogen and oxygen atoms in total. The molecule has 1 aromatic heterocycles. The van der Waals surface area contributed by atoms with Crippen LogP contribution >= 0.6 is 11.8 Å². The lowest BCUT2D eigenvalue weighted by molar-refractivity contribution is -0.120. The molecular weight excluding hydrogens is 450 g/mol. The van der Waals surface area contributed by atoms with Crippen LogP contribution in [0.15, 0.2) is 28.3 Å². The van der Waals surface area contributed by atoms with Crippen LogP contribution in [0.5, 0.6) is 0 Å². The second kappa shape index (κ2) is 9.79. The SMILES string of the molecule is CCn1c(SCC(=O)NC(C)(C#N)C(C)C)nc2cc(S(=O)(=O)N3CCOCC3)ccc21. The molecule has 0 saturated carbocycles. The van der Waals surface area contributed by atoms with Crippen molar-refractivity contribution in [2.24, 2.45) is 5.92 Å². The largest absolute Gasteiger partial charge is 0.379 e. The van der Waals surface area contributed by atoms with E-state index in [9.17, 15) is 18.5 Å². The van der Waals surface area contributed by atoms with Crippen LogP contribution in [0.2, 0.25) is 0 Å². The molecule has 1 aliphatic heterocycles. The van der Waals surface area contributed by atoms with Crippen molar-refractivity contribution in [1.29, 1.82) is 5.26 Å². The summed E-state index contributed by atoms with van der Waals surface area (Å²) in [6.07, 6.45) is 0. The second-order valence-electron chi connectivity index (χ2n) is 8.11. The van der Waals surface area contributed by atoms with E-state index >= 15 is 0 Å². The Labute approximate surface area is 193 Å². The Morgan fingerprint density at radius 3 is 2.66 bits per heavy atom. The number of nitrogens with one attached hydrogen (secondary N) is 1. The van der Waals surface area contributed by atoms with Gasteiger partial charge in [0.25, 0.3) is 0 Å². The molecule has 11 heteroatoms. The Morgan fingerprint density at radius 1 is 1.38 bits per heavy atom. The van der Waals surface area contributed by atoms with Gasteiger partial charge in [0, 0.05) is 19.6 Å². The first kappa shape index (κ1) is 24.5. The third-order valence-corrected chi connectivity index (χ3v) is 8.60. The highest BCUT2D eigenvalue weighted by Gasteiger charge is 2.30. The van der Waals surface area contributed by atoms with Gasteiger partial charge in [0.15, 0.2) is 5.16 Å². The summed E-state index contributed by atoms with van der Waals surface area (Å²) < 4.78 is 34.6. The number of nitrogens with zero attached hydrogens (tertiary/aromatic N) is 4. The Balaban J connectivity index is 1.81. The predicted octanol–water partition coefficient (Wildman–Crippen LogP) is 2.22. The number of aryl methyl sites for hydroxylation is 1. The average Bonchev–Trinajstić information content (AvgIpc) is 3.14. The number of carbonyl (C=O) groups excluding carboxylic acids is 1. The van der Waals surface area contributed by atoms with Gasteiger partial charge in [-0.15, -0.1) is 0 Å². The number of amides is 1. The zero-order valence-corrected chi connectivity index (χ0v) is 20.4. The molecular formula is C21H29N5O4S2. The van der Waals surface area contributed by atoms with Gasteiger partial charge in [0.1, 0.15) is 5.54 Å². The fourth-order valence-corrected chi connectivity index (χ4v) is 5.66. The summed E-state index contributed by atoms with van der Waals surface area (Å²) in [4.78, 5) is 17.3. The van der Waals surface area contributed by atoms with Crippen LogP contribution in [-0.2, 0) is 26.1 Å². The van der Waals surface area contributed by atoms with Gasteiger partial charge in [-0.1, -0.05) is 25.6 Å². The van der Waals surface area contributed by atoms with Gasteiger partial charge >= 0.3 is 0 Å². The monoisotopic (exact) mass is 479 g/mol. The van der Waals surface area contributed by atoms with E-state index in [4.69, 9.17) is 4.74 Å². The highest BCUT2D eigenvalue weighted by atomic mass is 32.2. The van der Waals surface area contributed by atoms with Gasteiger partial charge in [0.2, 0.25) is 15.9 Å². The van der Waals surface area contributed by atoms with Crippen molar-refractivity contribution < 1.29 is 17.9 Å². The van der Waals surface area contributed by atoms with E-state index in [1.54, 1.807) is 25.1 Å². The fourth-order valence-electron chi connectivity index (χ4n) is 3.36. The Kier molecular flexibility index (Phi) is 7.50. The third-order valence-electron chi connectivity index (χ3n) is 5.73. The number of carbonyl (C=O) groups is 1. The molecule has 0 spiro atoms. The van der Waals surface area contributed by atoms with E-state index in [-0.39, 0.29) is 22.5 Å². The molecule has 1 unspecified atom stereocenters. The smallest absolute Gasteiger partial charge is 0.243 e. The number of fused-ring (bicyclic) bond motifs is 1. The number of benzene rings is 1. The number of morpholine rings is 1. The molecule has 1 aliphatic rings. The van der Waals surface area contributed by atoms with Crippen molar-refractivity contribution >= 4 is 38.7 Å². The summed E-state index contributed by atoms with van der Waals surface area (Å²) in [6.45, 7) is 9.50. The molecule has 0 radical (unpaired) electrons. The maximum Gasteiger partial charge on any atom is 0.243 e. The predicted molar refractivity (Wildman–Crippen MR) is 123 cm³/mol. The van der Waals surface area contributed by atoms with E-state index < -0.39 is 15.6 Å². The number of rotatable bonds is 8. The van der Waals surface area contributed by atoms with E-state index in [0.717, 1.165) is 5.52 Å². The molecule has 174 valence electrons. The Morgan fingerprint density at radius 2 is 2.06 bits per heavy atom. The van der Waals surface area contributed by atoms with Crippen LogP contribution in [0.1, 0.15) is 27.7 Å². The van der Waals surface area contributed by atoms with Crippen LogP contribution in [-0.4, -0.2) is 65.8 Å². The van der Waals surface area contributed by atoms with Crippen molar-refractivity contribution in [2.45, 2.75) is 49.8 Å². The van der Waals surface area contributed by atoms with Crippen molar-refractivity contribution in [3.05, 3.63) is 18.2 Å². The van der Waals surface area contributed by atoms with Gasteiger partial charge < -0.3 is 14.6 Å². The molecule has 2 aromatic rings. The van der Waals surface area contributed by atoms with Gasteiger partial charge in [0.05, 0.1) is 41.0 Å². The number of ether oxygens (including phenoxy) is 1. The normalized spacial score (nSPS) is 17.2. The molecule has 1 aromatic carbocycles. The molecule has 1 fully saturated rings. The number of thioether (sulfide) groups is 1.